The molecule has 2 N–H and O–H groups in total. The summed E-state index contributed by atoms with van der Waals surface area (Å²) in [4.78, 5) is 23.2. The van der Waals surface area contributed by atoms with E-state index in [9.17, 15) is 4.79 Å². The number of aromatic nitrogens is 6. The van der Waals surface area contributed by atoms with Crippen molar-refractivity contribution < 1.29 is 4.79 Å². The topological polar surface area (TPSA) is 105 Å². The summed E-state index contributed by atoms with van der Waals surface area (Å²) >= 11 is 0. The molecule has 0 aromatic carbocycles. The van der Waals surface area contributed by atoms with Crippen molar-refractivity contribution >= 4 is 22.8 Å². The fourth-order valence-electron chi connectivity index (χ4n) is 3.22. The first kappa shape index (κ1) is 15.6. The molecule has 9 heteroatoms. The monoisotopic (exact) mass is 340 g/mol. The molecule has 130 valence electrons. The number of carbonyl (C=O) groups is 1. The molecule has 9 nitrogen and oxygen atoms in total. The number of rotatable bonds is 3. The van der Waals surface area contributed by atoms with E-state index in [-0.39, 0.29) is 11.9 Å². The fourth-order valence-corrected chi connectivity index (χ4v) is 3.22. The summed E-state index contributed by atoms with van der Waals surface area (Å²) in [6.07, 6.45) is 5.20. The Labute approximate surface area is 144 Å². The summed E-state index contributed by atoms with van der Waals surface area (Å²) in [5.74, 6) is 0.720. The first-order valence-corrected chi connectivity index (χ1v) is 8.32. The van der Waals surface area contributed by atoms with Crippen molar-refractivity contribution in [3.05, 3.63) is 30.0 Å². The molecule has 1 aliphatic rings. The Morgan fingerprint density at radius 3 is 3.08 bits per heavy atom. The Morgan fingerprint density at radius 1 is 1.40 bits per heavy atom. The van der Waals surface area contributed by atoms with Gasteiger partial charge >= 0.3 is 0 Å². The van der Waals surface area contributed by atoms with Gasteiger partial charge in [-0.1, -0.05) is 0 Å². The van der Waals surface area contributed by atoms with Crippen LogP contribution in [-0.4, -0.2) is 55.0 Å². The van der Waals surface area contributed by atoms with Crippen LogP contribution in [0.3, 0.4) is 0 Å². The molecule has 1 amide bonds. The van der Waals surface area contributed by atoms with Gasteiger partial charge < -0.3 is 10.2 Å². The van der Waals surface area contributed by atoms with Crippen LogP contribution >= 0.6 is 0 Å². The van der Waals surface area contributed by atoms with Crippen LogP contribution in [0.4, 0.5) is 5.82 Å². The molecule has 25 heavy (non-hydrogen) atoms. The van der Waals surface area contributed by atoms with Gasteiger partial charge in [-0.05, 0) is 25.8 Å². The minimum Gasteiger partial charge on any atom is -0.354 e. The SMILES string of the molecule is Cc1cc(C(=O)NC2CCCN(c3ncnc4[nH]ncc34)C2)nn1C. The van der Waals surface area contributed by atoms with Gasteiger partial charge in [0, 0.05) is 31.9 Å². The van der Waals surface area contributed by atoms with Gasteiger partial charge in [-0.15, -0.1) is 0 Å². The number of aryl methyl sites for hydroxylation is 2. The summed E-state index contributed by atoms with van der Waals surface area (Å²) in [6, 6.07) is 1.86. The molecular weight excluding hydrogens is 320 g/mol. The van der Waals surface area contributed by atoms with Gasteiger partial charge in [0.25, 0.3) is 5.91 Å². The lowest BCUT2D eigenvalue weighted by atomic mass is 10.1. The number of hydrogen-bond acceptors (Lipinski definition) is 6. The van der Waals surface area contributed by atoms with Crippen LogP contribution in [0.2, 0.25) is 0 Å². The van der Waals surface area contributed by atoms with Crippen LogP contribution in [0.15, 0.2) is 18.6 Å². The molecule has 1 unspecified atom stereocenters. The maximum atomic E-state index is 12.4. The smallest absolute Gasteiger partial charge is 0.272 e. The van der Waals surface area contributed by atoms with Crippen LogP contribution in [0.5, 0.6) is 0 Å². The van der Waals surface area contributed by atoms with E-state index in [1.165, 1.54) is 6.33 Å². The number of hydrogen-bond donors (Lipinski definition) is 2. The predicted molar refractivity (Wildman–Crippen MR) is 92.3 cm³/mol. The fraction of sp³-hybridized carbons (Fsp3) is 0.438. The Balaban J connectivity index is 1.49. The molecular formula is C16H20N8O. The van der Waals surface area contributed by atoms with Gasteiger partial charge in [0.15, 0.2) is 5.65 Å². The van der Waals surface area contributed by atoms with Crippen LogP contribution in [0.1, 0.15) is 29.0 Å². The third-order valence-corrected chi connectivity index (χ3v) is 4.63. The van der Waals surface area contributed by atoms with Crippen molar-refractivity contribution in [3.8, 4) is 0 Å². The largest absolute Gasteiger partial charge is 0.354 e. The maximum Gasteiger partial charge on any atom is 0.272 e. The quantitative estimate of drug-likeness (QED) is 0.730. The molecule has 0 radical (unpaired) electrons. The van der Waals surface area contributed by atoms with E-state index in [4.69, 9.17) is 0 Å². The van der Waals surface area contributed by atoms with E-state index in [0.29, 0.717) is 12.2 Å². The summed E-state index contributed by atoms with van der Waals surface area (Å²) in [5, 5.41) is 15.1. The number of amides is 1. The highest BCUT2D eigenvalue weighted by Gasteiger charge is 2.25. The van der Waals surface area contributed by atoms with E-state index in [0.717, 1.165) is 41.9 Å². The normalized spacial score (nSPS) is 17.8. The molecule has 1 atom stereocenters. The molecule has 1 fully saturated rings. The molecule has 0 bridgehead atoms. The van der Waals surface area contributed by atoms with Gasteiger partial charge in [0.05, 0.1) is 11.6 Å². The average molecular weight is 340 g/mol. The van der Waals surface area contributed by atoms with Crippen LogP contribution < -0.4 is 10.2 Å². The lowest BCUT2D eigenvalue weighted by Crippen LogP contribution is -2.48. The molecule has 0 aliphatic carbocycles. The zero-order chi connectivity index (χ0) is 17.4. The van der Waals surface area contributed by atoms with Crippen LogP contribution in [0, 0.1) is 6.92 Å². The van der Waals surface area contributed by atoms with Crippen molar-refractivity contribution in [1.82, 2.24) is 35.3 Å². The maximum absolute atomic E-state index is 12.4. The highest BCUT2D eigenvalue weighted by atomic mass is 16.2. The third kappa shape index (κ3) is 2.92. The number of aromatic amines is 1. The second-order valence-electron chi connectivity index (χ2n) is 6.38. The summed E-state index contributed by atoms with van der Waals surface area (Å²) < 4.78 is 1.71. The number of piperidine rings is 1. The number of nitrogens with zero attached hydrogens (tertiary/aromatic N) is 6. The number of anilines is 1. The molecule has 4 heterocycles. The molecule has 1 saturated heterocycles. The molecule has 0 saturated carbocycles. The minimum absolute atomic E-state index is 0.0560. The van der Waals surface area contributed by atoms with E-state index in [1.807, 2.05) is 14.0 Å². The van der Waals surface area contributed by atoms with Crippen molar-refractivity contribution in [2.75, 3.05) is 18.0 Å². The summed E-state index contributed by atoms with van der Waals surface area (Å²) in [5.41, 5.74) is 2.13. The summed E-state index contributed by atoms with van der Waals surface area (Å²) in [6.45, 7) is 3.53. The second-order valence-corrected chi connectivity index (χ2v) is 6.38. The zero-order valence-electron chi connectivity index (χ0n) is 14.2. The highest BCUT2D eigenvalue weighted by Crippen LogP contribution is 2.24. The number of carbonyl (C=O) groups excluding carboxylic acids is 1. The average Bonchev–Trinajstić information content (AvgIpc) is 3.22. The standard InChI is InChI=1S/C16H20N8O/c1-10-6-13(22-23(10)2)16(25)20-11-4-3-5-24(8-11)15-12-7-19-21-14(12)17-9-18-15/h6-7,9,11H,3-5,8H2,1-2H3,(H,20,25)(H,17,18,19,21). The van der Waals surface area contributed by atoms with Gasteiger partial charge in [0.2, 0.25) is 0 Å². The zero-order valence-corrected chi connectivity index (χ0v) is 14.2. The van der Waals surface area contributed by atoms with E-state index in [2.05, 4.69) is 35.5 Å². The van der Waals surface area contributed by atoms with Crippen molar-refractivity contribution in [2.45, 2.75) is 25.8 Å². The Hall–Kier alpha value is -2.97. The van der Waals surface area contributed by atoms with Crippen LogP contribution in [-0.2, 0) is 7.05 Å². The second kappa shape index (κ2) is 6.15. The van der Waals surface area contributed by atoms with Crippen molar-refractivity contribution in [3.63, 3.8) is 0 Å². The van der Waals surface area contributed by atoms with Gasteiger partial charge in [-0.25, -0.2) is 9.97 Å². The lowest BCUT2D eigenvalue weighted by molar-refractivity contribution is 0.0927. The van der Waals surface area contributed by atoms with Gasteiger partial charge in [0.1, 0.15) is 17.8 Å². The Kier molecular flexibility index (Phi) is 3.83. The van der Waals surface area contributed by atoms with E-state index in [1.54, 1.807) is 16.9 Å². The minimum atomic E-state index is -0.133. The Morgan fingerprint density at radius 2 is 2.28 bits per heavy atom. The lowest BCUT2D eigenvalue weighted by Gasteiger charge is -2.34. The predicted octanol–water partition coefficient (Wildman–Crippen LogP) is 0.794. The third-order valence-electron chi connectivity index (χ3n) is 4.63. The first-order valence-electron chi connectivity index (χ1n) is 8.32. The molecule has 3 aromatic rings. The molecule has 1 aliphatic heterocycles. The Bertz CT molecular complexity index is 894. The molecule has 3 aromatic heterocycles. The first-order chi connectivity index (χ1) is 12.1. The van der Waals surface area contributed by atoms with Gasteiger partial charge in [-0.2, -0.15) is 10.2 Å². The number of fused-ring (bicyclic) bond motifs is 1. The molecule has 4 rings (SSSR count). The number of nitrogens with one attached hydrogen (secondary N) is 2. The molecule has 0 spiro atoms. The van der Waals surface area contributed by atoms with E-state index < -0.39 is 0 Å². The van der Waals surface area contributed by atoms with E-state index >= 15 is 0 Å². The van der Waals surface area contributed by atoms with Crippen molar-refractivity contribution in [1.29, 1.82) is 0 Å². The number of H-pyrrole nitrogens is 1. The van der Waals surface area contributed by atoms with Gasteiger partial charge in [-0.3, -0.25) is 14.6 Å². The van der Waals surface area contributed by atoms with Crippen LogP contribution in [0.25, 0.3) is 11.0 Å². The summed E-state index contributed by atoms with van der Waals surface area (Å²) in [7, 11) is 1.83. The highest BCUT2D eigenvalue weighted by molar-refractivity contribution is 5.92. The van der Waals surface area contributed by atoms with Crippen molar-refractivity contribution in [2.24, 2.45) is 7.05 Å².